The van der Waals surface area contributed by atoms with Crippen LogP contribution in [0, 0.1) is 0 Å². The van der Waals surface area contributed by atoms with Gasteiger partial charge in [0.25, 0.3) is 5.56 Å². The summed E-state index contributed by atoms with van der Waals surface area (Å²) in [6, 6.07) is 15.8. The number of halogens is 3. The smallest absolute Gasteiger partial charge is 0.301 e. The normalized spacial score (nSPS) is 11.8. The summed E-state index contributed by atoms with van der Waals surface area (Å²) in [4.78, 5) is 16.4. The average Bonchev–Trinajstić information content (AvgIpc) is 2.51. The molecule has 3 rings (SSSR count). The Kier molecular flexibility index (Phi) is 3.90. The van der Waals surface area contributed by atoms with Crippen molar-refractivity contribution >= 4 is 11.0 Å². The Morgan fingerprint density at radius 2 is 1.61 bits per heavy atom. The molecule has 0 radical (unpaired) electrons. The molecule has 0 spiro atoms. The molecule has 0 unspecified atom stereocenters. The van der Waals surface area contributed by atoms with E-state index in [1.54, 1.807) is 24.3 Å². The fourth-order valence-corrected chi connectivity index (χ4v) is 2.47. The molecular formula is C17H13F3N2O. The van der Waals surface area contributed by atoms with Crippen molar-refractivity contribution in [2.45, 2.75) is 19.1 Å². The van der Waals surface area contributed by atoms with Crippen molar-refractivity contribution in [3.05, 3.63) is 76.2 Å². The molecule has 118 valence electrons. The van der Waals surface area contributed by atoms with Gasteiger partial charge in [-0.1, -0.05) is 42.5 Å². The number of alkyl halides is 3. The maximum atomic E-state index is 12.7. The van der Waals surface area contributed by atoms with Gasteiger partial charge in [-0.05, 0) is 17.7 Å². The molecule has 23 heavy (non-hydrogen) atoms. The van der Waals surface area contributed by atoms with Crippen LogP contribution in [0.1, 0.15) is 11.3 Å². The van der Waals surface area contributed by atoms with Gasteiger partial charge in [0.15, 0.2) is 0 Å². The van der Waals surface area contributed by atoms with Gasteiger partial charge >= 0.3 is 6.18 Å². The molecule has 0 aliphatic rings. The summed E-state index contributed by atoms with van der Waals surface area (Å²) >= 11 is 0. The Morgan fingerprint density at radius 1 is 0.957 bits per heavy atom. The van der Waals surface area contributed by atoms with Crippen molar-refractivity contribution in [3.8, 4) is 0 Å². The van der Waals surface area contributed by atoms with E-state index in [0.717, 1.165) is 5.56 Å². The monoisotopic (exact) mass is 318 g/mol. The maximum absolute atomic E-state index is 12.7. The average molecular weight is 318 g/mol. The van der Waals surface area contributed by atoms with Crippen LogP contribution in [0.2, 0.25) is 0 Å². The quantitative estimate of drug-likeness (QED) is 0.740. The van der Waals surface area contributed by atoms with Gasteiger partial charge in [0.2, 0.25) is 0 Å². The molecule has 0 N–H and O–H groups in total. The highest BCUT2D eigenvalue weighted by molar-refractivity contribution is 5.74. The third kappa shape index (κ3) is 3.41. The van der Waals surface area contributed by atoms with E-state index >= 15 is 0 Å². The Morgan fingerprint density at radius 3 is 2.30 bits per heavy atom. The summed E-state index contributed by atoms with van der Waals surface area (Å²) in [5, 5.41) is 0. The van der Waals surface area contributed by atoms with Crippen molar-refractivity contribution in [2.75, 3.05) is 0 Å². The highest BCUT2D eigenvalue weighted by Gasteiger charge is 2.30. The van der Waals surface area contributed by atoms with Crippen LogP contribution in [0.3, 0.4) is 0 Å². The fourth-order valence-electron chi connectivity index (χ4n) is 2.47. The van der Waals surface area contributed by atoms with Gasteiger partial charge in [-0.15, -0.1) is 0 Å². The first kappa shape index (κ1) is 15.3. The van der Waals surface area contributed by atoms with Gasteiger partial charge in [0.05, 0.1) is 24.0 Å². The summed E-state index contributed by atoms with van der Waals surface area (Å²) in [6.45, 7) is 0.202. The third-order valence-electron chi connectivity index (χ3n) is 3.47. The number of benzene rings is 2. The van der Waals surface area contributed by atoms with E-state index in [0.29, 0.717) is 11.0 Å². The molecule has 1 heterocycles. The Bertz CT molecular complexity index is 886. The molecule has 1 aromatic heterocycles. The summed E-state index contributed by atoms with van der Waals surface area (Å²) in [5.74, 6) is 0. The lowest BCUT2D eigenvalue weighted by Crippen LogP contribution is -2.29. The lowest BCUT2D eigenvalue weighted by atomic mass is 10.2. The number of rotatable bonds is 3. The third-order valence-corrected chi connectivity index (χ3v) is 3.47. The molecule has 2 aromatic carbocycles. The second-order valence-electron chi connectivity index (χ2n) is 5.22. The van der Waals surface area contributed by atoms with Gasteiger partial charge < -0.3 is 4.57 Å². The first-order valence-electron chi connectivity index (χ1n) is 7.03. The Labute approximate surface area is 130 Å². The highest BCUT2D eigenvalue weighted by atomic mass is 19.4. The van der Waals surface area contributed by atoms with Crippen LogP contribution in [0.15, 0.2) is 59.4 Å². The Hall–Kier alpha value is -2.63. The Balaban J connectivity index is 2.17. The standard InChI is InChI=1S/C17H13F3N2O/c18-17(19,20)10-14-16(23)22(11-12-6-2-1-3-7-12)15-9-5-4-8-13(15)21-14/h1-9H,10-11H2. The molecular weight excluding hydrogens is 305 g/mol. The molecule has 0 amide bonds. The second kappa shape index (κ2) is 5.87. The van der Waals surface area contributed by atoms with Crippen molar-refractivity contribution in [1.82, 2.24) is 9.55 Å². The number of aromatic nitrogens is 2. The first-order valence-corrected chi connectivity index (χ1v) is 7.03. The van der Waals surface area contributed by atoms with E-state index in [-0.39, 0.29) is 6.54 Å². The van der Waals surface area contributed by atoms with E-state index in [1.807, 2.05) is 30.3 Å². The lowest BCUT2D eigenvalue weighted by molar-refractivity contribution is -0.128. The molecule has 6 heteroatoms. The van der Waals surface area contributed by atoms with Gasteiger partial charge in [-0.3, -0.25) is 4.79 Å². The lowest BCUT2D eigenvalue weighted by Gasteiger charge is -2.13. The SMILES string of the molecule is O=c1c(CC(F)(F)F)nc2ccccc2n1Cc1ccccc1. The number of para-hydroxylation sites is 2. The molecule has 0 fully saturated rings. The number of hydrogen-bond donors (Lipinski definition) is 0. The minimum absolute atomic E-state index is 0.202. The molecule has 0 aliphatic heterocycles. The summed E-state index contributed by atoms with van der Waals surface area (Å²) in [5.41, 5.74) is 0.551. The van der Waals surface area contributed by atoms with Crippen molar-refractivity contribution in [1.29, 1.82) is 0 Å². The van der Waals surface area contributed by atoms with Gasteiger partial charge in [0, 0.05) is 0 Å². The van der Waals surface area contributed by atoms with E-state index in [2.05, 4.69) is 4.98 Å². The molecule has 0 saturated carbocycles. The van der Waals surface area contributed by atoms with Crippen molar-refractivity contribution < 1.29 is 13.2 Å². The zero-order chi connectivity index (χ0) is 16.4. The minimum Gasteiger partial charge on any atom is -0.301 e. The van der Waals surface area contributed by atoms with E-state index in [4.69, 9.17) is 0 Å². The van der Waals surface area contributed by atoms with E-state index < -0.39 is 23.9 Å². The summed E-state index contributed by atoms with van der Waals surface area (Å²) in [7, 11) is 0. The maximum Gasteiger partial charge on any atom is 0.394 e. The topological polar surface area (TPSA) is 34.9 Å². The molecule has 0 bridgehead atoms. The molecule has 3 aromatic rings. The molecule has 0 aliphatic carbocycles. The van der Waals surface area contributed by atoms with Gasteiger partial charge in [-0.2, -0.15) is 13.2 Å². The number of hydrogen-bond acceptors (Lipinski definition) is 2. The van der Waals surface area contributed by atoms with Crippen molar-refractivity contribution in [3.63, 3.8) is 0 Å². The van der Waals surface area contributed by atoms with Crippen LogP contribution in [-0.2, 0) is 13.0 Å². The summed E-state index contributed by atoms with van der Waals surface area (Å²) < 4.78 is 39.4. The summed E-state index contributed by atoms with van der Waals surface area (Å²) in [6.07, 6.45) is -5.80. The fraction of sp³-hybridized carbons (Fsp3) is 0.176. The van der Waals surface area contributed by atoms with Crippen LogP contribution in [0.25, 0.3) is 11.0 Å². The zero-order valence-electron chi connectivity index (χ0n) is 12.0. The molecule has 0 saturated heterocycles. The minimum atomic E-state index is -4.47. The van der Waals surface area contributed by atoms with E-state index in [9.17, 15) is 18.0 Å². The zero-order valence-corrected chi connectivity index (χ0v) is 12.0. The van der Waals surface area contributed by atoms with Crippen LogP contribution in [0.4, 0.5) is 13.2 Å². The predicted molar refractivity (Wildman–Crippen MR) is 81.3 cm³/mol. The van der Waals surface area contributed by atoms with Crippen LogP contribution in [-0.4, -0.2) is 15.7 Å². The van der Waals surface area contributed by atoms with E-state index in [1.165, 1.54) is 4.57 Å². The second-order valence-corrected chi connectivity index (χ2v) is 5.22. The number of nitrogens with zero attached hydrogens (tertiary/aromatic N) is 2. The predicted octanol–water partition coefficient (Wildman–Crippen LogP) is 3.55. The van der Waals surface area contributed by atoms with Crippen LogP contribution < -0.4 is 5.56 Å². The number of fused-ring (bicyclic) bond motifs is 1. The van der Waals surface area contributed by atoms with Crippen LogP contribution >= 0.6 is 0 Å². The largest absolute Gasteiger partial charge is 0.394 e. The first-order chi connectivity index (χ1) is 10.9. The van der Waals surface area contributed by atoms with Crippen LogP contribution in [0.5, 0.6) is 0 Å². The molecule has 3 nitrogen and oxygen atoms in total. The van der Waals surface area contributed by atoms with Gasteiger partial charge in [-0.25, -0.2) is 4.98 Å². The highest BCUT2D eigenvalue weighted by Crippen LogP contribution is 2.20. The van der Waals surface area contributed by atoms with Crippen molar-refractivity contribution in [2.24, 2.45) is 0 Å². The molecule has 0 atom stereocenters. The van der Waals surface area contributed by atoms with Gasteiger partial charge in [0.1, 0.15) is 5.69 Å².